The van der Waals surface area contributed by atoms with Gasteiger partial charge in [0.15, 0.2) is 6.29 Å². The van der Waals surface area contributed by atoms with Gasteiger partial charge in [0.2, 0.25) is 0 Å². The number of benzene rings is 2. The third kappa shape index (κ3) is 3.83. The van der Waals surface area contributed by atoms with E-state index in [2.05, 4.69) is 15.9 Å². The van der Waals surface area contributed by atoms with Crippen molar-refractivity contribution in [2.24, 2.45) is 0 Å². The van der Waals surface area contributed by atoms with E-state index < -0.39 is 6.29 Å². The first-order valence-corrected chi connectivity index (χ1v) is 7.94. The molecule has 122 valence electrons. The van der Waals surface area contributed by atoms with Crippen molar-refractivity contribution in [1.29, 1.82) is 0 Å². The van der Waals surface area contributed by atoms with Gasteiger partial charge in [-0.15, -0.1) is 0 Å². The molecule has 0 aliphatic carbocycles. The van der Waals surface area contributed by atoms with Crippen LogP contribution in [0.2, 0.25) is 0 Å². The minimum atomic E-state index is -0.594. The van der Waals surface area contributed by atoms with E-state index in [-0.39, 0.29) is 5.82 Å². The Morgan fingerprint density at radius 3 is 2.52 bits per heavy atom. The molecule has 6 heteroatoms. The fraction of sp³-hybridized carbons (Fsp3) is 0.294. The Hall–Kier alpha value is -1.63. The second-order valence-electron chi connectivity index (χ2n) is 5.01. The van der Waals surface area contributed by atoms with E-state index in [0.717, 1.165) is 11.3 Å². The molecule has 1 heterocycles. The van der Waals surface area contributed by atoms with Crippen molar-refractivity contribution in [3.8, 4) is 11.5 Å². The molecule has 0 unspecified atom stereocenters. The second-order valence-corrected chi connectivity index (χ2v) is 5.87. The molecular weight excluding hydrogens is 367 g/mol. The molecule has 0 amide bonds. The van der Waals surface area contributed by atoms with Crippen LogP contribution < -0.4 is 9.47 Å². The Morgan fingerprint density at radius 2 is 1.87 bits per heavy atom. The maximum atomic E-state index is 13.8. The van der Waals surface area contributed by atoms with Crippen LogP contribution in [0.15, 0.2) is 40.9 Å². The first-order chi connectivity index (χ1) is 11.2. The number of ether oxygens (including phenoxy) is 4. The Balaban J connectivity index is 1.78. The highest BCUT2D eigenvalue weighted by atomic mass is 79.9. The minimum Gasteiger partial charge on any atom is -0.497 e. The van der Waals surface area contributed by atoms with Crippen molar-refractivity contribution in [2.45, 2.75) is 12.9 Å². The predicted molar refractivity (Wildman–Crippen MR) is 86.1 cm³/mol. The maximum absolute atomic E-state index is 13.8. The molecule has 0 aromatic heterocycles. The molecule has 1 fully saturated rings. The van der Waals surface area contributed by atoms with Gasteiger partial charge in [-0.1, -0.05) is 12.1 Å². The van der Waals surface area contributed by atoms with E-state index in [0.29, 0.717) is 35.6 Å². The fourth-order valence-corrected chi connectivity index (χ4v) is 2.60. The van der Waals surface area contributed by atoms with Gasteiger partial charge in [-0.25, -0.2) is 4.39 Å². The number of halogens is 2. The van der Waals surface area contributed by atoms with Crippen LogP contribution >= 0.6 is 15.9 Å². The molecule has 23 heavy (non-hydrogen) atoms. The lowest BCUT2D eigenvalue weighted by Gasteiger charge is -2.16. The summed E-state index contributed by atoms with van der Waals surface area (Å²) in [7, 11) is 1.62. The summed E-state index contributed by atoms with van der Waals surface area (Å²) in [6.07, 6.45) is -0.594. The molecule has 4 nitrogen and oxygen atoms in total. The van der Waals surface area contributed by atoms with Gasteiger partial charge in [-0.05, 0) is 45.8 Å². The molecule has 0 N–H and O–H groups in total. The van der Waals surface area contributed by atoms with Gasteiger partial charge in [0.05, 0.1) is 30.4 Å². The van der Waals surface area contributed by atoms with Crippen LogP contribution in [0.4, 0.5) is 4.39 Å². The van der Waals surface area contributed by atoms with Crippen LogP contribution in [-0.4, -0.2) is 20.3 Å². The molecule has 2 aromatic rings. The van der Waals surface area contributed by atoms with E-state index >= 15 is 0 Å². The highest BCUT2D eigenvalue weighted by Crippen LogP contribution is 2.35. The van der Waals surface area contributed by atoms with Crippen LogP contribution in [-0.2, 0) is 16.1 Å². The lowest BCUT2D eigenvalue weighted by atomic mass is 10.2. The van der Waals surface area contributed by atoms with Gasteiger partial charge < -0.3 is 18.9 Å². The summed E-state index contributed by atoms with van der Waals surface area (Å²) < 4.78 is 36.1. The van der Waals surface area contributed by atoms with Crippen LogP contribution in [0.5, 0.6) is 11.5 Å². The predicted octanol–water partition coefficient (Wildman–Crippen LogP) is 4.22. The monoisotopic (exact) mass is 382 g/mol. The van der Waals surface area contributed by atoms with Crippen molar-refractivity contribution in [2.75, 3.05) is 20.3 Å². The molecule has 0 saturated carbocycles. The number of hydrogen-bond acceptors (Lipinski definition) is 4. The van der Waals surface area contributed by atoms with Gasteiger partial charge in [-0.3, -0.25) is 0 Å². The average molecular weight is 383 g/mol. The van der Waals surface area contributed by atoms with Gasteiger partial charge in [0.25, 0.3) is 0 Å². The van der Waals surface area contributed by atoms with Crippen LogP contribution in [0.1, 0.15) is 17.4 Å². The van der Waals surface area contributed by atoms with Crippen molar-refractivity contribution in [3.05, 3.63) is 57.8 Å². The normalized spacial score (nSPS) is 14.9. The summed E-state index contributed by atoms with van der Waals surface area (Å²) in [4.78, 5) is 0. The molecule has 1 aliphatic heterocycles. The molecular formula is C17H16BrFO4. The summed E-state index contributed by atoms with van der Waals surface area (Å²) in [5.74, 6) is 0.934. The zero-order chi connectivity index (χ0) is 16.2. The largest absolute Gasteiger partial charge is 0.497 e. The first-order valence-electron chi connectivity index (χ1n) is 7.15. The molecule has 0 bridgehead atoms. The number of methoxy groups -OCH3 is 1. The highest BCUT2D eigenvalue weighted by Gasteiger charge is 2.24. The third-order valence-corrected chi connectivity index (χ3v) is 4.09. The Labute approximate surface area is 142 Å². The summed E-state index contributed by atoms with van der Waals surface area (Å²) in [5.41, 5.74) is 1.53. The van der Waals surface area contributed by atoms with Gasteiger partial charge in [0.1, 0.15) is 23.9 Å². The Bertz CT molecular complexity index is 669. The van der Waals surface area contributed by atoms with Crippen LogP contribution in [0, 0.1) is 5.82 Å². The molecule has 3 rings (SSSR count). The number of hydrogen-bond donors (Lipinski definition) is 0. The summed E-state index contributed by atoms with van der Waals surface area (Å²) in [5, 5.41) is 0. The zero-order valence-electron chi connectivity index (χ0n) is 12.6. The maximum Gasteiger partial charge on any atom is 0.187 e. The quantitative estimate of drug-likeness (QED) is 0.775. The second kappa shape index (κ2) is 7.29. The summed E-state index contributed by atoms with van der Waals surface area (Å²) >= 11 is 3.18. The lowest BCUT2D eigenvalue weighted by molar-refractivity contribution is -0.0460. The van der Waals surface area contributed by atoms with E-state index in [4.69, 9.17) is 18.9 Å². The van der Waals surface area contributed by atoms with Crippen molar-refractivity contribution in [1.82, 2.24) is 0 Å². The smallest absolute Gasteiger partial charge is 0.187 e. The molecule has 1 saturated heterocycles. The fourth-order valence-electron chi connectivity index (χ4n) is 2.27. The van der Waals surface area contributed by atoms with E-state index in [1.807, 2.05) is 24.3 Å². The standard InChI is InChI=1S/C17H16BrFO4/c1-20-12-4-2-11(3-5-12)10-23-16-9-14(18)15(19)8-13(16)17-21-6-7-22-17/h2-5,8-9,17H,6-7,10H2,1H3. The molecule has 0 radical (unpaired) electrons. The third-order valence-electron chi connectivity index (χ3n) is 3.48. The van der Waals surface area contributed by atoms with Gasteiger partial charge in [-0.2, -0.15) is 0 Å². The number of rotatable bonds is 5. The average Bonchev–Trinajstić information content (AvgIpc) is 3.10. The topological polar surface area (TPSA) is 36.9 Å². The summed E-state index contributed by atoms with van der Waals surface area (Å²) in [6, 6.07) is 10.5. The summed E-state index contributed by atoms with van der Waals surface area (Å²) in [6.45, 7) is 1.32. The van der Waals surface area contributed by atoms with E-state index in [1.165, 1.54) is 6.07 Å². The van der Waals surface area contributed by atoms with Crippen LogP contribution in [0.3, 0.4) is 0 Å². The SMILES string of the molecule is COc1ccc(COc2cc(Br)c(F)cc2C2OCCO2)cc1. The molecule has 0 atom stereocenters. The first kappa shape index (κ1) is 16.2. The van der Waals surface area contributed by atoms with Gasteiger partial charge >= 0.3 is 0 Å². The highest BCUT2D eigenvalue weighted by molar-refractivity contribution is 9.10. The Morgan fingerprint density at radius 1 is 1.17 bits per heavy atom. The zero-order valence-corrected chi connectivity index (χ0v) is 14.1. The minimum absolute atomic E-state index is 0.337. The Kier molecular flexibility index (Phi) is 5.15. The molecule has 1 aliphatic rings. The lowest BCUT2D eigenvalue weighted by Crippen LogP contribution is -2.05. The van der Waals surface area contributed by atoms with Crippen molar-refractivity contribution >= 4 is 15.9 Å². The molecule has 2 aromatic carbocycles. The van der Waals surface area contributed by atoms with Crippen molar-refractivity contribution < 1.29 is 23.3 Å². The van der Waals surface area contributed by atoms with Gasteiger partial charge in [0, 0.05) is 0 Å². The van der Waals surface area contributed by atoms with Crippen LogP contribution in [0.25, 0.3) is 0 Å². The molecule has 0 spiro atoms. The van der Waals surface area contributed by atoms with Crippen molar-refractivity contribution in [3.63, 3.8) is 0 Å². The van der Waals surface area contributed by atoms with E-state index in [1.54, 1.807) is 13.2 Å². The van der Waals surface area contributed by atoms with E-state index in [9.17, 15) is 4.39 Å².